The van der Waals surface area contributed by atoms with Crippen LogP contribution in [0.5, 0.6) is 0 Å². The third-order valence-corrected chi connectivity index (χ3v) is 5.97. The van der Waals surface area contributed by atoms with Crippen LogP contribution in [0.15, 0.2) is 42.0 Å². The molecule has 1 aliphatic carbocycles. The van der Waals surface area contributed by atoms with Crippen molar-refractivity contribution >= 4 is 5.57 Å². The van der Waals surface area contributed by atoms with E-state index in [1.165, 1.54) is 46.2 Å². The molecule has 0 N–H and O–H groups in total. The lowest BCUT2D eigenvalue weighted by Crippen LogP contribution is -2.26. The highest BCUT2D eigenvalue weighted by Crippen LogP contribution is 2.45. The fraction of sp³-hybridized carbons (Fsp3) is 0.517. The molecule has 2 aromatic rings. The summed E-state index contributed by atoms with van der Waals surface area (Å²) < 4.78 is 0. The molecule has 0 bridgehead atoms. The van der Waals surface area contributed by atoms with Gasteiger partial charge in [-0.15, -0.1) is 0 Å². The molecule has 0 aliphatic heterocycles. The average Bonchev–Trinajstić information content (AvgIpc) is 2.70. The number of rotatable bonds is 2. The molecule has 1 unspecified atom stereocenters. The van der Waals surface area contributed by atoms with Crippen molar-refractivity contribution in [2.75, 3.05) is 0 Å². The lowest BCUT2D eigenvalue weighted by atomic mass is 9.68. The Morgan fingerprint density at radius 3 is 1.97 bits per heavy atom. The van der Waals surface area contributed by atoms with E-state index in [1.54, 1.807) is 11.1 Å². The minimum absolute atomic E-state index is 0.268. The number of fused-ring (bicyclic) bond motifs is 1. The van der Waals surface area contributed by atoms with Crippen LogP contribution in [-0.4, -0.2) is 0 Å². The molecule has 0 amide bonds. The van der Waals surface area contributed by atoms with Crippen LogP contribution in [0.3, 0.4) is 0 Å². The van der Waals surface area contributed by atoms with Crippen molar-refractivity contribution in [2.45, 2.75) is 100 Å². The fourth-order valence-electron chi connectivity index (χ4n) is 4.29. The van der Waals surface area contributed by atoms with E-state index in [4.69, 9.17) is 0 Å². The van der Waals surface area contributed by atoms with Gasteiger partial charge in [-0.1, -0.05) is 96.0 Å². The van der Waals surface area contributed by atoms with Gasteiger partial charge in [0.2, 0.25) is 0 Å². The number of hydrogen-bond donors (Lipinski definition) is 0. The largest absolute Gasteiger partial charge is 0.0683 e. The molecule has 0 spiro atoms. The van der Waals surface area contributed by atoms with E-state index < -0.39 is 0 Å². The zero-order chi connectivity index (χ0) is 22.4. The Balaban J connectivity index is 0.000000989. The van der Waals surface area contributed by atoms with E-state index in [9.17, 15) is 0 Å². The summed E-state index contributed by atoms with van der Waals surface area (Å²) >= 11 is 0. The van der Waals surface area contributed by atoms with Crippen LogP contribution in [-0.2, 0) is 5.41 Å². The predicted octanol–water partition coefficient (Wildman–Crippen LogP) is 9.37. The molecular weight excluding hydrogens is 348 g/mol. The molecular formula is C29H44. The SMILES string of the molecule is CC.CC.CC(C)=C(c1ccc(C)cc1)c1cc2c(cc1C)C(C)CCC2(C)C. The van der Waals surface area contributed by atoms with Gasteiger partial charge in [-0.2, -0.15) is 0 Å². The molecule has 29 heavy (non-hydrogen) atoms. The van der Waals surface area contributed by atoms with Crippen molar-refractivity contribution in [2.24, 2.45) is 0 Å². The van der Waals surface area contributed by atoms with Gasteiger partial charge in [-0.3, -0.25) is 0 Å². The number of aryl methyl sites for hydroxylation is 2. The first-order valence-corrected chi connectivity index (χ1v) is 11.6. The summed E-state index contributed by atoms with van der Waals surface area (Å²) in [4.78, 5) is 0. The molecule has 0 saturated carbocycles. The van der Waals surface area contributed by atoms with Crippen LogP contribution in [0.1, 0.15) is 114 Å². The molecule has 2 aromatic carbocycles. The third kappa shape index (κ3) is 5.62. The second-order valence-electron chi connectivity index (χ2n) is 8.82. The normalized spacial score (nSPS) is 16.4. The van der Waals surface area contributed by atoms with Crippen LogP contribution in [0.4, 0.5) is 0 Å². The molecule has 0 aromatic heterocycles. The van der Waals surface area contributed by atoms with Crippen molar-refractivity contribution in [3.63, 3.8) is 0 Å². The summed E-state index contributed by atoms with van der Waals surface area (Å²) in [5.74, 6) is 0.672. The summed E-state index contributed by atoms with van der Waals surface area (Å²) in [6.45, 7) is 24.1. The zero-order valence-corrected chi connectivity index (χ0v) is 21.0. The Labute approximate surface area is 181 Å². The zero-order valence-electron chi connectivity index (χ0n) is 21.0. The predicted molar refractivity (Wildman–Crippen MR) is 133 cm³/mol. The van der Waals surface area contributed by atoms with E-state index >= 15 is 0 Å². The van der Waals surface area contributed by atoms with Gasteiger partial charge in [0.1, 0.15) is 0 Å². The van der Waals surface area contributed by atoms with Crippen molar-refractivity contribution < 1.29 is 0 Å². The number of allylic oxidation sites excluding steroid dienone is 1. The summed E-state index contributed by atoms with van der Waals surface area (Å²) in [5.41, 5.74) is 11.6. The Kier molecular flexibility index (Phi) is 9.40. The average molecular weight is 393 g/mol. The van der Waals surface area contributed by atoms with E-state index in [0.717, 1.165) is 0 Å². The highest BCUT2D eigenvalue weighted by atomic mass is 14.4. The van der Waals surface area contributed by atoms with E-state index in [-0.39, 0.29) is 5.41 Å². The van der Waals surface area contributed by atoms with Gasteiger partial charge in [0.25, 0.3) is 0 Å². The van der Waals surface area contributed by atoms with Crippen LogP contribution >= 0.6 is 0 Å². The van der Waals surface area contributed by atoms with Gasteiger partial charge in [0.15, 0.2) is 0 Å². The highest BCUT2D eigenvalue weighted by Gasteiger charge is 2.31. The summed E-state index contributed by atoms with van der Waals surface area (Å²) in [6, 6.07) is 13.9. The van der Waals surface area contributed by atoms with Gasteiger partial charge >= 0.3 is 0 Å². The van der Waals surface area contributed by atoms with Crippen molar-refractivity contribution in [3.05, 3.63) is 75.4 Å². The van der Waals surface area contributed by atoms with Crippen molar-refractivity contribution in [1.29, 1.82) is 0 Å². The number of benzene rings is 2. The maximum absolute atomic E-state index is 2.50. The molecule has 0 heteroatoms. The van der Waals surface area contributed by atoms with Crippen molar-refractivity contribution in [1.82, 2.24) is 0 Å². The third-order valence-electron chi connectivity index (χ3n) is 5.97. The summed E-state index contributed by atoms with van der Waals surface area (Å²) in [7, 11) is 0. The smallest absolute Gasteiger partial charge is 0.0100 e. The van der Waals surface area contributed by atoms with E-state index in [2.05, 4.69) is 84.9 Å². The number of hydrogen-bond acceptors (Lipinski definition) is 0. The second kappa shape index (κ2) is 10.8. The molecule has 0 radical (unpaired) electrons. The molecule has 0 fully saturated rings. The van der Waals surface area contributed by atoms with E-state index in [0.29, 0.717) is 5.92 Å². The van der Waals surface area contributed by atoms with Crippen LogP contribution in [0, 0.1) is 13.8 Å². The van der Waals surface area contributed by atoms with E-state index in [1.807, 2.05) is 27.7 Å². The quantitative estimate of drug-likeness (QED) is 0.477. The monoisotopic (exact) mass is 392 g/mol. The molecule has 1 aliphatic rings. The lowest BCUT2D eigenvalue weighted by Gasteiger charge is -2.37. The second-order valence-corrected chi connectivity index (χ2v) is 8.82. The first-order chi connectivity index (χ1) is 13.7. The minimum Gasteiger partial charge on any atom is -0.0683 e. The molecule has 0 heterocycles. The Hall–Kier alpha value is -1.82. The van der Waals surface area contributed by atoms with Crippen LogP contribution in [0.25, 0.3) is 5.57 Å². The Morgan fingerprint density at radius 2 is 1.45 bits per heavy atom. The Bertz CT molecular complexity index is 812. The topological polar surface area (TPSA) is 0 Å². The molecule has 160 valence electrons. The lowest BCUT2D eigenvalue weighted by molar-refractivity contribution is 0.402. The van der Waals surface area contributed by atoms with Gasteiger partial charge < -0.3 is 0 Å². The van der Waals surface area contributed by atoms with Crippen LogP contribution in [0.2, 0.25) is 0 Å². The Morgan fingerprint density at radius 1 is 0.897 bits per heavy atom. The van der Waals surface area contributed by atoms with Crippen LogP contribution < -0.4 is 0 Å². The molecule has 3 rings (SSSR count). The first kappa shape index (κ1) is 25.2. The standard InChI is InChI=1S/C25H32.2C2H6/c1-16(2)24(20-10-8-17(3)9-11-20)22-15-23-21(14-19(22)5)18(4)12-13-25(23,6)7;2*1-2/h8-11,14-15,18H,12-13H2,1-7H3;2*1-2H3. The van der Waals surface area contributed by atoms with Crippen molar-refractivity contribution in [3.8, 4) is 0 Å². The maximum atomic E-state index is 2.50. The summed E-state index contributed by atoms with van der Waals surface area (Å²) in [6.07, 6.45) is 2.57. The molecule has 0 saturated heterocycles. The van der Waals surface area contributed by atoms with Gasteiger partial charge in [0, 0.05) is 0 Å². The van der Waals surface area contributed by atoms with Gasteiger partial charge in [-0.25, -0.2) is 0 Å². The molecule has 1 atom stereocenters. The maximum Gasteiger partial charge on any atom is -0.0100 e. The highest BCUT2D eigenvalue weighted by molar-refractivity contribution is 5.84. The summed E-state index contributed by atoms with van der Waals surface area (Å²) in [5, 5.41) is 0. The van der Waals surface area contributed by atoms with Gasteiger partial charge in [0.05, 0.1) is 0 Å². The first-order valence-electron chi connectivity index (χ1n) is 11.6. The molecule has 0 nitrogen and oxygen atoms in total. The minimum atomic E-state index is 0.268. The fourth-order valence-corrected chi connectivity index (χ4v) is 4.29. The van der Waals surface area contributed by atoms with Gasteiger partial charge in [-0.05, 0) is 85.3 Å².